The molecular formula is C21H27N3O5S. The van der Waals surface area contributed by atoms with Crippen LogP contribution in [0.3, 0.4) is 0 Å². The number of nitrogens with zero attached hydrogens (tertiary/aromatic N) is 2. The first kappa shape index (κ1) is 23.4. The van der Waals surface area contributed by atoms with Gasteiger partial charge in [0.05, 0.1) is 28.4 Å². The minimum atomic E-state index is -3.86. The zero-order valence-electron chi connectivity index (χ0n) is 17.5. The molecule has 30 heavy (non-hydrogen) atoms. The third kappa shape index (κ3) is 5.37. The standard InChI is InChI=1S/C21H27N3O5S/c1-6-18(30(22,27)28)9-7-8-17-10-11-19-20(12-17)23(21(26)29-14(2)3)13-15(4)24(19)16(5)25/h6-12,14-15H,1,13H2,2-5H3,(H2,22,27,28)/b8-7+,18-9+/t15-/m0/s1. The Balaban J connectivity index is 2.49. The van der Waals surface area contributed by atoms with Crippen molar-refractivity contribution in [3.63, 3.8) is 0 Å². The Bertz CT molecular complexity index is 1010. The predicted molar refractivity (Wildman–Crippen MR) is 118 cm³/mol. The number of benzene rings is 1. The molecule has 0 spiro atoms. The molecule has 0 saturated carbocycles. The highest BCUT2D eigenvalue weighted by Gasteiger charge is 2.34. The second kappa shape index (κ2) is 9.27. The van der Waals surface area contributed by atoms with Crippen LogP contribution in [0.4, 0.5) is 16.2 Å². The minimum absolute atomic E-state index is 0.115. The fourth-order valence-corrected chi connectivity index (χ4v) is 3.70. The molecule has 1 aromatic rings. The molecule has 162 valence electrons. The van der Waals surface area contributed by atoms with Gasteiger partial charge < -0.3 is 9.64 Å². The Morgan fingerprint density at radius 1 is 1.30 bits per heavy atom. The van der Waals surface area contributed by atoms with E-state index in [0.717, 1.165) is 6.08 Å². The number of nitrogens with two attached hydrogens (primary N) is 1. The zero-order chi connectivity index (χ0) is 22.6. The molecule has 2 amide bonds. The highest BCUT2D eigenvalue weighted by molar-refractivity contribution is 7.93. The maximum atomic E-state index is 12.6. The van der Waals surface area contributed by atoms with Crippen LogP contribution in [0.2, 0.25) is 0 Å². The molecular weight excluding hydrogens is 406 g/mol. The zero-order valence-corrected chi connectivity index (χ0v) is 18.3. The quantitative estimate of drug-likeness (QED) is 0.717. The van der Waals surface area contributed by atoms with Gasteiger partial charge in [0.1, 0.15) is 0 Å². The van der Waals surface area contributed by atoms with Crippen molar-refractivity contribution in [1.29, 1.82) is 0 Å². The third-order valence-electron chi connectivity index (χ3n) is 4.41. The predicted octanol–water partition coefficient (Wildman–Crippen LogP) is 3.16. The van der Waals surface area contributed by atoms with Crippen LogP contribution >= 0.6 is 0 Å². The van der Waals surface area contributed by atoms with Crippen molar-refractivity contribution in [3.8, 4) is 0 Å². The fourth-order valence-electron chi connectivity index (χ4n) is 3.20. The highest BCUT2D eigenvalue weighted by Crippen LogP contribution is 2.37. The number of hydrogen-bond donors (Lipinski definition) is 1. The van der Waals surface area contributed by atoms with Gasteiger partial charge >= 0.3 is 6.09 Å². The van der Waals surface area contributed by atoms with Crippen molar-refractivity contribution in [1.82, 2.24) is 0 Å². The number of amides is 2. The molecule has 0 fully saturated rings. The lowest BCUT2D eigenvalue weighted by Gasteiger charge is -2.40. The van der Waals surface area contributed by atoms with Gasteiger partial charge in [0.25, 0.3) is 0 Å². The summed E-state index contributed by atoms with van der Waals surface area (Å²) in [4.78, 5) is 27.8. The Kier molecular flexibility index (Phi) is 7.22. The van der Waals surface area contributed by atoms with Crippen LogP contribution < -0.4 is 14.9 Å². The van der Waals surface area contributed by atoms with Crippen LogP contribution in [0.15, 0.2) is 47.9 Å². The molecule has 0 aliphatic carbocycles. The van der Waals surface area contributed by atoms with Gasteiger partial charge in [-0.25, -0.2) is 18.4 Å². The topological polar surface area (TPSA) is 110 Å². The van der Waals surface area contributed by atoms with Crippen molar-refractivity contribution >= 4 is 39.5 Å². The van der Waals surface area contributed by atoms with Crippen molar-refractivity contribution in [2.45, 2.75) is 39.8 Å². The summed E-state index contributed by atoms with van der Waals surface area (Å²) in [5, 5.41) is 5.11. The molecule has 0 radical (unpaired) electrons. The normalized spacial score (nSPS) is 17.3. The first-order valence-electron chi connectivity index (χ1n) is 9.41. The monoisotopic (exact) mass is 433 g/mol. The number of primary sulfonamides is 1. The minimum Gasteiger partial charge on any atom is -0.446 e. The largest absolute Gasteiger partial charge is 0.446 e. The van der Waals surface area contributed by atoms with Gasteiger partial charge in [0.2, 0.25) is 15.9 Å². The van der Waals surface area contributed by atoms with Crippen LogP contribution in [-0.2, 0) is 19.6 Å². The van der Waals surface area contributed by atoms with E-state index in [-0.39, 0.29) is 29.5 Å². The van der Waals surface area contributed by atoms with Gasteiger partial charge in [0.15, 0.2) is 0 Å². The second-order valence-electron chi connectivity index (χ2n) is 7.21. The van der Waals surface area contributed by atoms with E-state index in [2.05, 4.69) is 6.58 Å². The Morgan fingerprint density at radius 3 is 2.50 bits per heavy atom. The third-order valence-corrected chi connectivity index (χ3v) is 5.37. The summed E-state index contributed by atoms with van der Waals surface area (Å²) in [5.41, 5.74) is 1.84. The molecule has 9 heteroatoms. The van der Waals surface area contributed by atoms with Gasteiger partial charge in [-0.2, -0.15) is 0 Å². The molecule has 2 rings (SSSR count). The van der Waals surface area contributed by atoms with E-state index in [0.29, 0.717) is 16.9 Å². The Morgan fingerprint density at radius 2 is 1.97 bits per heavy atom. The first-order chi connectivity index (χ1) is 14.0. The van der Waals surface area contributed by atoms with E-state index in [1.807, 2.05) is 6.92 Å². The van der Waals surface area contributed by atoms with E-state index in [4.69, 9.17) is 9.88 Å². The van der Waals surface area contributed by atoms with Gasteiger partial charge in [0, 0.05) is 13.5 Å². The molecule has 1 aliphatic rings. The summed E-state index contributed by atoms with van der Waals surface area (Å²) >= 11 is 0. The van der Waals surface area contributed by atoms with Gasteiger partial charge in [-0.1, -0.05) is 24.8 Å². The van der Waals surface area contributed by atoms with E-state index >= 15 is 0 Å². The molecule has 0 unspecified atom stereocenters. The number of carbonyl (C=O) groups is 2. The number of allylic oxidation sites excluding steroid dienone is 3. The lowest BCUT2D eigenvalue weighted by molar-refractivity contribution is -0.117. The average molecular weight is 434 g/mol. The Labute approximate surface area is 177 Å². The summed E-state index contributed by atoms with van der Waals surface area (Å²) in [6.45, 7) is 10.6. The summed E-state index contributed by atoms with van der Waals surface area (Å²) < 4.78 is 28.2. The lowest BCUT2D eigenvalue weighted by atomic mass is 10.0. The van der Waals surface area contributed by atoms with Crippen molar-refractivity contribution < 1.29 is 22.7 Å². The fraction of sp³-hybridized carbons (Fsp3) is 0.333. The van der Waals surface area contributed by atoms with Gasteiger partial charge in [-0.15, -0.1) is 0 Å². The Hall–Kier alpha value is -2.91. The number of sulfonamides is 1. The first-order valence-corrected chi connectivity index (χ1v) is 11.0. The number of carbonyl (C=O) groups excluding carboxylic acids is 2. The van der Waals surface area contributed by atoms with Gasteiger partial charge in [-0.3, -0.25) is 9.69 Å². The molecule has 8 nitrogen and oxygen atoms in total. The number of fused-ring (bicyclic) bond motifs is 1. The average Bonchev–Trinajstić information content (AvgIpc) is 2.62. The molecule has 1 aromatic carbocycles. The van der Waals surface area contributed by atoms with Gasteiger partial charge in [-0.05, 0) is 50.6 Å². The maximum absolute atomic E-state index is 12.6. The molecule has 2 N–H and O–H groups in total. The summed E-state index contributed by atoms with van der Waals surface area (Å²) in [7, 11) is -3.86. The number of anilines is 2. The van der Waals surface area contributed by atoms with E-state index in [9.17, 15) is 18.0 Å². The van der Waals surface area contributed by atoms with E-state index < -0.39 is 16.1 Å². The smallest absolute Gasteiger partial charge is 0.414 e. The second-order valence-corrected chi connectivity index (χ2v) is 8.77. The molecule has 1 atom stereocenters. The van der Waals surface area contributed by atoms with Crippen molar-refractivity contribution in [2.24, 2.45) is 5.14 Å². The molecule has 1 heterocycles. The molecule has 0 bridgehead atoms. The van der Waals surface area contributed by atoms with Crippen LogP contribution in [0.1, 0.15) is 33.3 Å². The summed E-state index contributed by atoms with van der Waals surface area (Å²) in [5.74, 6) is -0.129. The maximum Gasteiger partial charge on any atom is 0.414 e. The van der Waals surface area contributed by atoms with Crippen LogP contribution in [0.25, 0.3) is 6.08 Å². The number of ether oxygens (including phenoxy) is 1. The molecule has 1 aliphatic heterocycles. The van der Waals surface area contributed by atoms with E-state index in [1.54, 1.807) is 43.0 Å². The highest BCUT2D eigenvalue weighted by atomic mass is 32.2. The van der Waals surface area contributed by atoms with E-state index in [1.165, 1.54) is 24.0 Å². The number of hydrogen-bond acceptors (Lipinski definition) is 5. The lowest BCUT2D eigenvalue weighted by Crippen LogP contribution is -2.51. The van der Waals surface area contributed by atoms with Crippen LogP contribution in [0.5, 0.6) is 0 Å². The molecule has 0 aromatic heterocycles. The number of rotatable bonds is 5. The van der Waals surface area contributed by atoms with Crippen LogP contribution in [0, 0.1) is 0 Å². The summed E-state index contributed by atoms with van der Waals surface area (Å²) in [6, 6.07) is 5.05. The SMILES string of the molecule is C=C/C(=C\C=C\c1ccc2c(c1)N(C(=O)OC(C)C)C[C@H](C)N2C(C)=O)S(N)(=O)=O. The van der Waals surface area contributed by atoms with Crippen LogP contribution in [-0.4, -0.2) is 39.1 Å². The van der Waals surface area contributed by atoms with Crippen molar-refractivity contribution in [2.75, 3.05) is 16.3 Å². The molecule has 0 saturated heterocycles. The summed E-state index contributed by atoms with van der Waals surface area (Å²) in [6.07, 6.45) is 4.89. The van der Waals surface area contributed by atoms with Crippen molar-refractivity contribution in [3.05, 3.63) is 53.5 Å².